The van der Waals surface area contributed by atoms with Crippen molar-refractivity contribution in [2.75, 3.05) is 13.1 Å². The Bertz CT molecular complexity index is 441. The van der Waals surface area contributed by atoms with Gasteiger partial charge in [0.05, 0.1) is 6.54 Å². The number of imidazole rings is 1. The molecule has 0 amide bonds. The first kappa shape index (κ1) is 13.1. The predicted octanol–water partition coefficient (Wildman–Crippen LogP) is 1.85. The highest BCUT2D eigenvalue weighted by atomic mass is 15.3. The number of fused-ring (bicyclic) bond motifs is 1. The van der Waals surface area contributed by atoms with E-state index >= 15 is 0 Å². The molecule has 1 aliphatic heterocycles. The molecule has 1 aliphatic carbocycles. The molecule has 0 radical (unpaired) electrons. The molecule has 0 spiro atoms. The molecule has 106 valence electrons. The molecule has 4 heteroatoms. The van der Waals surface area contributed by atoms with Gasteiger partial charge in [0.15, 0.2) is 0 Å². The maximum atomic E-state index is 6.20. The normalized spacial score (nSPS) is 36.2. The quantitative estimate of drug-likeness (QED) is 0.885. The number of nitrogens with two attached hydrogens (primary N) is 1. The van der Waals surface area contributed by atoms with Crippen LogP contribution in [-0.4, -0.2) is 33.1 Å². The van der Waals surface area contributed by atoms with Gasteiger partial charge >= 0.3 is 0 Å². The molecule has 1 aromatic rings. The van der Waals surface area contributed by atoms with Crippen LogP contribution in [0.3, 0.4) is 0 Å². The van der Waals surface area contributed by atoms with E-state index in [9.17, 15) is 0 Å². The number of rotatable bonds is 2. The monoisotopic (exact) mass is 262 g/mol. The maximum absolute atomic E-state index is 6.20. The van der Waals surface area contributed by atoms with Gasteiger partial charge in [0.25, 0.3) is 0 Å². The lowest BCUT2D eigenvalue weighted by atomic mass is 9.70. The second-order valence-electron chi connectivity index (χ2n) is 6.58. The molecule has 3 rings (SSSR count). The molecular formula is C15H26N4. The Balaban J connectivity index is 1.80. The zero-order valence-corrected chi connectivity index (χ0v) is 12.2. The maximum Gasteiger partial charge on any atom is 0.122 e. The van der Waals surface area contributed by atoms with E-state index in [4.69, 9.17) is 5.73 Å². The zero-order chi connectivity index (χ0) is 13.5. The Hall–Kier alpha value is -0.870. The van der Waals surface area contributed by atoms with E-state index < -0.39 is 0 Å². The predicted molar refractivity (Wildman–Crippen MR) is 76.6 cm³/mol. The topological polar surface area (TPSA) is 47.1 Å². The van der Waals surface area contributed by atoms with Gasteiger partial charge in [-0.05, 0) is 31.1 Å². The first-order valence-corrected chi connectivity index (χ1v) is 7.60. The minimum Gasteiger partial charge on any atom is -0.333 e. The lowest BCUT2D eigenvalue weighted by Crippen LogP contribution is -2.58. The molecule has 1 aromatic heterocycles. The standard InChI is InChI=1S/C15H26N4/c1-12-3-4-15(11-16,9-13(12)2)19-8-7-18-6-5-17-14(18)10-19/h5-6,12-13H,3-4,7-11,16H2,1-2H3. The third kappa shape index (κ3) is 2.21. The first-order valence-electron chi connectivity index (χ1n) is 7.60. The van der Waals surface area contributed by atoms with Crippen LogP contribution in [0.15, 0.2) is 12.4 Å². The van der Waals surface area contributed by atoms with Crippen molar-refractivity contribution in [3.8, 4) is 0 Å². The summed E-state index contributed by atoms with van der Waals surface area (Å²) >= 11 is 0. The fourth-order valence-electron chi connectivity index (χ4n) is 3.86. The Labute approximate surface area is 116 Å². The smallest absolute Gasteiger partial charge is 0.122 e. The van der Waals surface area contributed by atoms with Gasteiger partial charge in [0.1, 0.15) is 5.82 Å². The van der Waals surface area contributed by atoms with Gasteiger partial charge in [-0.1, -0.05) is 13.8 Å². The van der Waals surface area contributed by atoms with Crippen LogP contribution < -0.4 is 5.73 Å². The molecule has 3 atom stereocenters. The third-order valence-corrected chi connectivity index (χ3v) is 5.53. The average molecular weight is 262 g/mol. The summed E-state index contributed by atoms with van der Waals surface area (Å²) in [7, 11) is 0. The van der Waals surface area contributed by atoms with Crippen molar-refractivity contribution < 1.29 is 0 Å². The Morgan fingerprint density at radius 3 is 2.95 bits per heavy atom. The molecule has 2 N–H and O–H groups in total. The summed E-state index contributed by atoms with van der Waals surface area (Å²) in [6.07, 6.45) is 7.80. The average Bonchev–Trinajstić information content (AvgIpc) is 2.89. The summed E-state index contributed by atoms with van der Waals surface area (Å²) in [5.41, 5.74) is 6.41. The van der Waals surface area contributed by atoms with Gasteiger partial charge in [-0.2, -0.15) is 0 Å². The second-order valence-corrected chi connectivity index (χ2v) is 6.58. The van der Waals surface area contributed by atoms with Crippen LogP contribution >= 0.6 is 0 Å². The van der Waals surface area contributed by atoms with Gasteiger partial charge in [0, 0.05) is 37.6 Å². The van der Waals surface area contributed by atoms with Crippen molar-refractivity contribution in [2.45, 2.75) is 51.7 Å². The van der Waals surface area contributed by atoms with Crippen molar-refractivity contribution in [1.82, 2.24) is 14.5 Å². The SMILES string of the molecule is CC1CCC(CN)(N2CCn3ccnc3C2)CC1C. The van der Waals surface area contributed by atoms with Crippen LogP contribution in [0, 0.1) is 11.8 Å². The Kier molecular flexibility index (Phi) is 3.39. The molecular weight excluding hydrogens is 236 g/mol. The molecule has 2 heterocycles. The summed E-state index contributed by atoms with van der Waals surface area (Å²) < 4.78 is 2.27. The van der Waals surface area contributed by atoms with E-state index in [1.807, 2.05) is 6.20 Å². The number of hydrogen-bond donors (Lipinski definition) is 1. The van der Waals surface area contributed by atoms with Gasteiger partial charge in [-0.15, -0.1) is 0 Å². The highest BCUT2D eigenvalue weighted by molar-refractivity contribution is 5.03. The van der Waals surface area contributed by atoms with Crippen molar-refractivity contribution in [1.29, 1.82) is 0 Å². The number of hydrogen-bond acceptors (Lipinski definition) is 3. The lowest BCUT2D eigenvalue weighted by molar-refractivity contribution is 0.00195. The van der Waals surface area contributed by atoms with Gasteiger partial charge < -0.3 is 10.3 Å². The van der Waals surface area contributed by atoms with Crippen LogP contribution in [-0.2, 0) is 13.1 Å². The highest BCUT2D eigenvalue weighted by Gasteiger charge is 2.42. The van der Waals surface area contributed by atoms with Crippen LogP contribution in [0.2, 0.25) is 0 Å². The summed E-state index contributed by atoms with van der Waals surface area (Å²) in [6.45, 7) is 8.69. The third-order valence-electron chi connectivity index (χ3n) is 5.53. The summed E-state index contributed by atoms with van der Waals surface area (Å²) in [4.78, 5) is 7.09. The van der Waals surface area contributed by atoms with Crippen molar-refractivity contribution >= 4 is 0 Å². The van der Waals surface area contributed by atoms with E-state index in [1.165, 1.54) is 25.1 Å². The summed E-state index contributed by atoms with van der Waals surface area (Å²) in [5.74, 6) is 2.82. The largest absolute Gasteiger partial charge is 0.333 e. The minimum absolute atomic E-state index is 0.211. The molecule has 19 heavy (non-hydrogen) atoms. The van der Waals surface area contributed by atoms with Crippen molar-refractivity contribution in [3.63, 3.8) is 0 Å². The molecule has 0 saturated heterocycles. The van der Waals surface area contributed by atoms with Crippen molar-refractivity contribution in [2.24, 2.45) is 17.6 Å². The van der Waals surface area contributed by atoms with Crippen LogP contribution in [0.1, 0.15) is 38.9 Å². The molecule has 1 saturated carbocycles. The van der Waals surface area contributed by atoms with E-state index in [0.717, 1.165) is 38.0 Å². The lowest BCUT2D eigenvalue weighted by Gasteiger charge is -2.50. The van der Waals surface area contributed by atoms with Crippen LogP contribution in [0.25, 0.3) is 0 Å². The van der Waals surface area contributed by atoms with Crippen LogP contribution in [0.4, 0.5) is 0 Å². The summed E-state index contributed by atoms with van der Waals surface area (Å²) in [5, 5.41) is 0. The number of aromatic nitrogens is 2. The van der Waals surface area contributed by atoms with Gasteiger partial charge in [-0.3, -0.25) is 4.90 Å². The zero-order valence-electron chi connectivity index (χ0n) is 12.2. The fraction of sp³-hybridized carbons (Fsp3) is 0.800. The van der Waals surface area contributed by atoms with Crippen LogP contribution in [0.5, 0.6) is 0 Å². The molecule has 0 aromatic carbocycles. The Morgan fingerprint density at radius 1 is 1.37 bits per heavy atom. The van der Waals surface area contributed by atoms with Gasteiger partial charge in [-0.25, -0.2) is 4.98 Å². The molecule has 2 aliphatic rings. The van der Waals surface area contributed by atoms with E-state index in [0.29, 0.717) is 0 Å². The van der Waals surface area contributed by atoms with Crippen molar-refractivity contribution in [3.05, 3.63) is 18.2 Å². The molecule has 3 unspecified atom stereocenters. The Morgan fingerprint density at radius 2 is 2.21 bits per heavy atom. The molecule has 4 nitrogen and oxygen atoms in total. The molecule has 0 bridgehead atoms. The van der Waals surface area contributed by atoms with E-state index in [-0.39, 0.29) is 5.54 Å². The van der Waals surface area contributed by atoms with Gasteiger partial charge in [0.2, 0.25) is 0 Å². The number of nitrogens with zero attached hydrogens (tertiary/aromatic N) is 3. The summed E-state index contributed by atoms with van der Waals surface area (Å²) in [6, 6.07) is 0. The fourth-order valence-corrected chi connectivity index (χ4v) is 3.86. The first-order chi connectivity index (χ1) is 9.14. The minimum atomic E-state index is 0.211. The highest BCUT2D eigenvalue weighted by Crippen LogP contribution is 2.40. The second kappa shape index (κ2) is 4.91. The van der Waals surface area contributed by atoms with E-state index in [1.54, 1.807) is 0 Å². The molecule has 1 fully saturated rings. The van der Waals surface area contributed by atoms with E-state index in [2.05, 4.69) is 34.5 Å².